The zero-order valence-electron chi connectivity index (χ0n) is 6.04. The van der Waals surface area contributed by atoms with Gasteiger partial charge in [0.15, 0.2) is 0 Å². The summed E-state index contributed by atoms with van der Waals surface area (Å²) in [6, 6.07) is 4.12. The average molecular weight is 167 g/mol. The van der Waals surface area contributed by atoms with Crippen molar-refractivity contribution >= 4 is 17.2 Å². The Bertz CT molecular complexity index is 255. The van der Waals surface area contributed by atoms with E-state index in [-0.39, 0.29) is 5.91 Å². The normalized spacial score (nSPS) is 23.6. The smallest absolute Gasteiger partial charge is 0.220 e. The summed E-state index contributed by atoms with van der Waals surface area (Å²) >= 11 is 1.73. The van der Waals surface area contributed by atoms with Crippen LogP contribution in [-0.2, 0) is 4.79 Å². The van der Waals surface area contributed by atoms with E-state index in [1.807, 2.05) is 6.07 Å². The molecule has 0 spiro atoms. The molecule has 3 heteroatoms. The molecule has 1 saturated heterocycles. The highest BCUT2D eigenvalue weighted by molar-refractivity contribution is 7.10. The highest BCUT2D eigenvalue weighted by Gasteiger charge is 2.23. The van der Waals surface area contributed by atoms with Gasteiger partial charge in [0, 0.05) is 23.8 Å². The van der Waals surface area contributed by atoms with Crippen LogP contribution in [0.15, 0.2) is 17.5 Å². The first-order valence-electron chi connectivity index (χ1n) is 3.66. The lowest BCUT2D eigenvalue weighted by Gasteiger charge is -2.00. The predicted octanol–water partition coefficient (Wildman–Crippen LogP) is 1.35. The van der Waals surface area contributed by atoms with Crippen molar-refractivity contribution in [3.8, 4) is 0 Å². The summed E-state index contributed by atoms with van der Waals surface area (Å²) in [5.74, 6) is 0.617. The molecule has 1 amide bonds. The highest BCUT2D eigenvalue weighted by atomic mass is 32.1. The number of hydrogen-bond acceptors (Lipinski definition) is 2. The monoisotopic (exact) mass is 167 g/mol. The van der Waals surface area contributed by atoms with E-state index in [2.05, 4.69) is 16.8 Å². The van der Waals surface area contributed by atoms with Crippen LogP contribution < -0.4 is 5.32 Å². The zero-order chi connectivity index (χ0) is 7.68. The van der Waals surface area contributed by atoms with Gasteiger partial charge >= 0.3 is 0 Å². The van der Waals surface area contributed by atoms with E-state index in [4.69, 9.17) is 0 Å². The number of rotatable bonds is 1. The van der Waals surface area contributed by atoms with E-state index in [9.17, 15) is 4.79 Å². The fraction of sp³-hybridized carbons (Fsp3) is 0.375. The van der Waals surface area contributed by atoms with Crippen LogP contribution in [0.2, 0.25) is 0 Å². The molecular weight excluding hydrogens is 158 g/mol. The molecule has 1 aliphatic rings. The summed E-state index contributed by atoms with van der Waals surface area (Å²) in [4.78, 5) is 12.2. The van der Waals surface area contributed by atoms with Crippen molar-refractivity contribution in [1.29, 1.82) is 0 Å². The van der Waals surface area contributed by atoms with Crippen molar-refractivity contribution in [3.05, 3.63) is 22.4 Å². The molecule has 11 heavy (non-hydrogen) atoms. The molecule has 0 bridgehead atoms. The molecule has 1 atom stereocenters. The van der Waals surface area contributed by atoms with Gasteiger partial charge in [-0.2, -0.15) is 0 Å². The van der Waals surface area contributed by atoms with Gasteiger partial charge in [0.05, 0.1) is 0 Å². The second-order valence-electron chi connectivity index (χ2n) is 2.72. The van der Waals surface area contributed by atoms with Crippen LogP contribution in [0.4, 0.5) is 0 Å². The fourth-order valence-electron chi connectivity index (χ4n) is 1.33. The first-order chi connectivity index (χ1) is 5.36. The van der Waals surface area contributed by atoms with Crippen LogP contribution >= 0.6 is 11.3 Å². The van der Waals surface area contributed by atoms with Gasteiger partial charge < -0.3 is 5.32 Å². The summed E-state index contributed by atoms with van der Waals surface area (Å²) < 4.78 is 0. The second kappa shape index (κ2) is 2.66. The molecule has 1 aromatic heterocycles. The summed E-state index contributed by atoms with van der Waals surface area (Å²) in [5.41, 5.74) is 0. The lowest BCUT2D eigenvalue weighted by Crippen LogP contribution is -2.13. The Morgan fingerprint density at radius 3 is 3.09 bits per heavy atom. The molecule has 0 radical (unpaired) electrons. The van der Waals surface area contributed by atoms with E-state index < -0.39 is 0 Å². The Hall–Kier alpha value is -0.830. The van der Waals surface area contributed by atoms with Crippen molar-refractivity contribution in [2.75, 3.05) is 6.54 Å². The molecule has 1 N–H and O–H groups in total. The number of carbonyl (C=O) groups is 1. The lowest BCUT2D eigenvalue weighted by atomic mass is 10.1. The van der Waals surface area contributed by atoms with E-state index in [0.29, 0.717) is 12.3 Å². The van der Waals surface area contributed by atoms with Crippen molar-refractivity contribution in [2.24, 2.45) is 0 Å². The van der Waals surface area contributed by atoms with Crippen molar-refractivity contribution in [2.45, 2.75) is 12.3 Å². The highest BCUT2D eigenvalue weighted by Crippen LogP contribution is 2.26. The molecule has 0 aromatic carbocycles. The molecule has 1 aliphatic heterocycles. The minimum atomic E-state index is 0.184. The van der Waals surface area contributed by atoms with Crippen LogP contribution in [0.1, 0.15) is 17.2 Å². The first-order valence-corrected chi connectivity index (χ1v) is 4.54. The summed E-state index contributed by atoms with van der Waals surface area (Å²) in [7, 11) is 0. The SMILES string of the molecule is O=C1C[C@@H](c2cccs2)CN1. The molecule has 1 aromatic rings. The third-order valence-corrected chi connectivity index (χ3v) is 2.96. The van der Waals surface area contributed by atoms with Crippen LogP contribution in [0.25, 0.3) is 0 Å². The molecule has 0 unspecified atom stereocenters. The van der Waals surface area contributed by atoms with Crippen LogP contribution in [0, 0.1) is 0 Å². The molecule has 0 aliphatic carbocycles. The van der Waals surface area contributed by atoms with E-state index >= 15 is 0 Å². The number of thiophene rings is 1. The molecule has 2 rings (SSSR count). The van der Waals surface area contributed by atoms with Gasteiger partial charge in [-0.3, -0.25) is 4.79 Å². The van der Waals surface area contributed by atoms with E-state index in [0.717, 1.165) is 6.54 Å². The van der Waals surface area contributed by atoms with Gasteiger partial charge in [-0.05, 0) is 11.4 Å². The van der Waals surface area contributed by atoms with Crippen LogP contribution in [-0.4, -0.2) is 12.5 Å². The fourth-order valence-corrected chi connectivity index (χ4v) is 2.16. The number of amides is 1. The van der Waals surface area contributed by atoms with E-state index in [1.165, 1.54) is 4.88 Å². The predicted molar refractivity (Wildman–Crippen MR) is 44.7 cm³/mol. The third-order valence-electron chi connectivity index (χ3n) is 1.92. The number of hydrogen-bond donors (Lipinski definition) is 1. The first kappa shape index (κ1) is 6.85. The second-order valence-corrected chi connectivity index (χ2v) is 3.70. The van der Waals surface area contributed by atoms with Crippen LogP contribution in [0.3, 0.4) is 0 Å². The Balaban J connectivity index is 2.13. The number of carbonyl (C=O) groups excluding carboxylic acids is 1. The quantitative estimate of drug-likeness (QED) is 0.672. The standard InChI is InChI=1S/C8H9NOS/c10-8-4-6(5-9-8)7-2-1-3-11-7/h1-3,6H,4-5H2,(H,9,10)/t6-/m1/s1. The maximum atomic E-state index is 10.8. The van der Waals surface area contributed by atoms with Crippen molar-refractivity contribution < 1.29 is 4.79 Å². The van der Waals surface area contributed by atoms with Gasteiger partial charge in [0.25, 0.3) is 0 Å². The molecule has 0 saturated carbocycles. The minimum absolute atomic E-state index is 0.184. The Morgan fingerprint density at radius 2 is 2.55 bits per heavy atom. The topological polar surface area (TPSA) is 29.1 Å². The van der Waals surface area contributed by atoms with Gasteiger partial charge in [-0.15, -0.1) is 11.3 Å². The molecule has 58 valence electrons. The number of nitrogens with one attached hydrogen (secondary N) is 1. The van der Waals surface area contributed by atoms with Gasteiger partial charge in [-0.25, -0.2) is 0 Å². The summed E-state index contributed by atoms with van der Waals surface area (Å²) in [6.07, 6.45) is 0.667. The minimum Gasteiger partial charge on any atom is -0.355 e. The van der Waals surface area contributed by atoms with Gasteiger partial charge in [-0.1, -0.05) is 6.07 Å². The Morgan fingerprint density at radius 1 is 1.64 bits per heavy atom. The molecule has 1 fully saturated rings. The summed E-state index contributed by atoms with van der Waals surface area (Å²) in [5, 5.41) is 4.88. The largest absolute Gasteiger partial charge is 0.355 e. The maximum Gasteiger partial charge on any atom is 0.220 e. The van der Waals surface area contributed by atoms with E-state index in [1.54, 1.807) is 11.3 Å². The molecular formula is C8H9NOS. The maximum absolute atomic E-state index is 10.8. The Labute approximate surface area is 69.2 Å². The van der Waals surface area contributed by atoms with Crippen molar-refractivity contribution in [1.82, 2.24) is 5.32 Å². The summed E-state index contributed by atoms with van der Waals surface area (Å²) in [6.45, 7) is 0.819. The molecule has 2 heterocycles. The van der Waals surface area contributed by atoms with Crippen molar-refractivity contribution in [3.63, 3.8) is 0 Å². The lowest BCUT2D eigenvalue weighted by molar-refractivity contribution is -0.119. The van der Waals surface area contributed by atoms with Gasteiger partial charge in [0.1, 0.15) is 0 Å². The molecule has 2 nitrogen and oxygen atoms in total. The average Bonchev–Trinajstić information content (AvgIpc) is 2.55. The van der Waals surface area contributed by atoms with Gasteiger partial charge in [0.2, 0.25) is 5.91 Å². The van der Waals surface area contributed by atoms with Crippen LogP contribution in [0.5, 0.6) is 0 Å². The zero-order valence-corrected chi connectivity index (χ0v) is 6.86. The third kappa shape index (κ3) is 1.28. The Kier molecular flexibility index (Phi) is 1.66.